The number of hydrogen-bond donors (Lipinski definition) is 0. The van der Waals surface area contributed by atoms with Crippen molar-refractivity contribution in [2.24, 2.45) is 0 Å². The van der Waals surface area contributed by atoms with Crippen LogP contribution < -0.4 is 19.1 Å². The van der Waals surface area contributed by atoms with E-state index >= 15 is 0 Å². The lowest BCUT2D eigenvalue weighted by Gasteiger charge is -2.20. The number of nitrogens with zero attached hydrogens (tertiary/aromatic N) is 3. The van der Waals surface area contributed by atoms with Gasteiger partial charge in [0.2, 0.25) is 11.5 Å². The number of carbonyl (C=O) groups excluding carboxylic acids is 1. The number of ether oxygens (including phenoxy) is 3. The van der Waals surface area contributed by atoms with Gasteiger partial charge in [-0.15, -0.1) is 0 Å². The van der Waals surface area contributed by atoms with E-state index in [1.165, 1.54) is 32.3 Å². The van der Waals surface area contributed by atoms with Crippen molar-refractivity contribution in [1.82, 2.24) is 4.90 Å². The molecule has 0 radical (unpaired) electrons. The monoisotopic (exact) mass is 403 g/mol. The van der Waals surface area contributed by atoms with Gasteiger partial charge in [0.05, 0.1) is 26.3 Å². The predicted octanol–water partition coefficient (Wildman–Crippen LogP) is 2.96. The van der Waals surface area contributed by atoms with Crippen LogP contribution >= 0.6 is 0 Å². The Bertz CT molecular complexity index is 896. The van der Waals surface area contributed by atoms with Crippen LogP contribution in [0.5, 0.6) is 17.2 Å². The summed E-state index contributed by atoms with van der Waals surface area (Å²) in [5.74, 6) is -0.473. The third kappa shape index (κ3) is 4.50. The molecule has 156 valence electrons. The highest BCUT2D eigenvalue weighted by molar-refractivity contribution is 6.00. The number of rotatable bonds is 8. The molecule has 2 rings (SSSR count). The number of nitro benzene ring substituents is 1. The number of amides is 1. The van der Waals surface area contributed by atoms with Crippen molar-refractivity contribution < 1.29 is 23.9 Å². The highest BCUT2D eigenvalue weighted by atomic mass is 16.6. The van der Waals surface area contributed by atoms with Gasteiger partial charge in [-0.2, -0.15) is 0 Å². The zero-order chi connectivity index (χ0) is 21.7. The third-order valence-corrected chi connectivity index (χ3v) is 4.44. The molecule has 0 aliphatic carbocycles. The van der Waals surface area contributed by atoms with Crippen LogP contribution in [0, 0.1) is 10.1 Å². The van der Waals surface area contributed by atoms with Crippen molar-refractivity contribution in [1.29, 1.82) is 0 Å². The molecule has 0 heterocycles. The van der Waals surface area contributed by atoms with Gasteiger partial charge in [0.25, 0.3) is 5.91 Å². The molecule has 0 aromatic heterocycles. The van der Waals surface area contributed by atoms with E-state index in [-0.39, 0.29) is 29.4 Å². The Labute approximate surface area is 169 Å². The Morgan fingerprint density at radius 2 is 1.59 bits per heavy atom. The highest BCUT2D eigenvalue weighted by Crippen LogP contribution is 2.46. The average molecular weight is 403 g/mol. The summed E-state index contributed by atoms with van der Waals surface area (Å²) >= 11 is 0. The second kappa shape index (κ2) is 9.13. The van der Waals surface area contributed by atoms with Gasteiger partial charge in [-0.1, -0.05) is 12.1 Å². The van der Waals surface area contributed by atoms with E-state index in [9.17, 15) is 14.9 Å². The molecular formula is C20H25N3O6. The van der Waals surface area contributed by atoms with Gasteiger partial charge >= 0.3 is 5.69 Å². The van der Waals surface area contributed by atoms with Crippen LogP contribution in [-0.4, -0.2) is 58.2 Å². The summed E-state index contributed by atoms with van der Waals surface area (Å²) in [5, 5.41) is 11.7. The molecule has 1 amide bonds. The molecule has 0 saturated heterocycles. The molecule has 0 aliphatic rings. The second-order valence-electron chi connectivity index (χ2n) is 6.52. The van der Waals surface area contributed by atoms with Crippen molar-refractivity contribution in [2.45, 2.75) is 6.54 Å². The van der Waals surface area contributed by atoms with Gasteiger partial charge in [-0.25, -0.2) is 0 Å². The quantitative estimate of drug-likeness (QED) is 0.494. The minimum Gasteiger partial charge on any atom is -0.493 e. The first-order valence-electron chi connectivity index (χ1n) is 8.74. The fourth-order valence-electron chi connectivity index (χ4n) is 2.94. The topological polar surface area (TPSA) is 94.4 Å². The van der Waals surface area contributed by atoms with Gasteiger partial charge in [-0.3, -0.25) is 14.9 Å². The molecule has 2 aromatic rings. The van der Waals surface area contributed by atoms with E-state index in [1.54, 1.807) is 7.05 Å². The molecular weight excluding hydrogens is 378 g/mol. The number of hydrogen-bond acceptors (Lipinski definition) is 7. The largest absolute Gasteiger partial charge is 0.493 e. The van der Waals surface area contributed by atoms with Crippen LogP contribution in [0.25, 0.3) is 0 Å². The van der Waals surface area contributed by atoms with Gasteiger partial charge in [0.1, 0.15) is 5.56 Å². The summed E-state index contributed by atoms with van der Waals surface area (Å²) in [6, 6.07) is 8.99. The summed E-state index contributed by atoms with van der Waals surface area (Å²) in [7, 11) is 9.45. The lowest BCUT2D eigenvalue weighted by Crippen LogP contribution is -2.27. The van der Waals surface area contributed by atoms with Crippen molar-refractivity contribution in [2.75, 3.05) is 47.4 Å². The van der Waals surface area contributed by atoms with Crippen molar-refractivity contribution in [3.8, 4) is 17.2 Å². The van der Waals surface area contributed by atoms with Crippen molar-refractivity contribution in [3.05, 3.63) is 51.6 Å². The average Bonchev–Trinajstić information content (AvgIpc) is 2.71. The van der Waals surface area contributed by atoms with Crippen molar-refractivity contribution >= 4 is 17.3 Å². The minimum atomic E-state index is -0.659. The van der Waals surface area contributed by atoms with Crippen LogP contribution in [0.3, 0.4) is 0 Å². The van der Waals surface area contributed by atoms with Crippen LogP contribution in [0.1, 0.15) is 15.9 Å². The standard InChI is InChI=1S/C20H25N3O6/c1-21(2)14-9-7-13(8-10-14)12-22(3)20(24)15-11-16(27-4)18(28-5)19(29-6)17(15)23(25)26/h7-11H,12H2,1-6H3. The molecule has 0 unspecified atom stereocenters. The third-order valence-electron chi connectivity index (χ3n) is 4.44. The first kappa shape index (κ1) is 21.8. The zero-order valence-corrected chi connectivity index (χ0v) is 17.4. The first-order valence-corrected chi connectivity index (χ1v) is 8.74. The normalized spacial score (nSPS) is 10.3. The number of methoxy groups -OCH3 is 3. The molecule has 29 heavy (non-hydrogen) atoms. The summed E-state index contributed by atoms with van der Waals surface area (Å²) in [5.41, 5.74) is 1.31. The number of carbonyl (C=O) groups is 1. The number of nitro groups is 1. The molecule has 0 saturated carbocycles. The maximum absolute atomic E-state index is 13.0. The van der Waals surface area contributed by atoms with E-state index in [4.69, 9.17) is 14.2 Å². The molecule has 0 atom stereocenters. The van der Waals surface area contributed by atoms with Gasteiger partial charge in [0, 0.05) is 39.4 Å². The van der Waals surface area contributed by atoms with E-state index < -0.39 is 16.5 Å². The van der Waals surface area contributed by atoms with Crippen LogP contribution in [0.4, 0.5) is 11.4 Å². The summed E-state index contributed by atoms with van der Waals surface area (Å²) in [6.07, 6.45) is 0. The van der Waals surface area contributed by atoms with E-state index in [1.807, 2.05) is 43.3 Å². The molecule has 9 heteroatoms. The maximum atomic E-state index is 13.0. The zero-order valence-electron chi connectivity index (χ0n) is 17.4. The lowest BCUT2D eigenvalue weighted by molar-refractivity contribution is -0.386. The number of anilines is 1. The van der Waals surface area contributed by atoms with Crippen LogP contribution in [0.2, 0.25) is 0 Å². The fraction of sp³-hybridized carbons (Fsp3) is 0.350. The second-order valence-corrected chi connectivity index (χ2v) is 6.52. The molecule has 2 aromatic carbocycles. The van der Waals surface area contributed by atoms with Gasteiger partial charge in [0.15, 0.2) is 5.75 Å². The van der Waals surface area contributed by atoms with Crippen LogP contribution in [-0.2, 0) is 6.54 Å². The summed E-state index contributed by atoms with van der Waals surface area (Å²) in [6.45, 7) is 0.278. The van der Waals surface area contributed by atoms with E-state index in [0.29, 0.717) is 0 Å². The molecule has 0 spiro atoms. The highest BCUT2D eigenvalue weighted by Gasteiger charge is 2.33. The SMILES string of the molecule is COc1cc(C(=O)N(C)Cc2ccc(N(C)C)cc2)c([N+](=O)[O-])c(OC)c1OC. The Hall–Kier alpha value is -3.49. The molecule has 0 bridgehead atoms. The summed E-state index contributed by atoms with van der Waals surface area (Å²) < 4.78 is 15.6. The Balaban J connectivity index is 2.43. The summed E-state index contributed by atoms with van der Waals surface area (Å²) in [4.78, 5) is 27.5. The van der Waals surface area contributed by atoms with Crippen molar-refractivity contribution in [3.63, 3.8) is 0 Å². The van der Waals surface area contributed by atoms with E-state index in [0.717, 1.165) is 11.3 Å². The first-order chi connectivity index (χ1) is 13.7. The Morgan fingerprint density at radius 3 is 2.03 bits per heavy atom. The smallest absolute Gasteiger partial charge is 0.327 e. The molecule has 0 N–H and O–H groups in total. The Morgan fingerprint density at radius 1 is 1.00 bits per heavy atom. The van der Waals surface area contributed by atoms with Gasteiger partial charge in [-0.05, 0) is 17.7 Å². The minimum absolute atomic E-state index is 0.0557. The van der Waals surface area contributed by atoms with E-state index in [2.05, 4.69) is 0 Å². The molecule has 0 fully saturated rings. The predicted molar refractivity (Wildman–Crippen MR) is 109 cm³/mol. The van der Waals surface area contributed by atoms with Crippen LogP contribution in [0.15, 0.2) is 30.3 Å². The number of benzene rings is 2. The molecule has 9 nitrogen and oxygen atoms in total. The molecule has 0 aliphatic heterocycles. The lowest BCUT2D eigenvalue weighted by atomic mass is 10.1. The Kier molecular flexibility index (Phi) is 6.87. The maximum Gasteiger partial charge on any atom is 0.327 e. The van der Waals surface area contributed by atoms with Gasteiger partial charge < -0.3 is 24.0 Å². The fourth-order valence-corrected chi connectivity index (χ4v) is 2.94.